The first-order chi connectivity index (χ1) is 10.1. The van der Waals surface area contributed by atoms with Crippen molar-refractivity contribution >= 4 is 45.1 Å². The first-order valence-corrected chi connectivity index (χ1v) is 7.52. The van der Waals surface area contributed by atoms with Gasteiger partial charge in [0.1, 0.15) is 4.99 Å². The van der Waals surface area contributed by atoms with Crippen molar-refractivity contribution in [1.82, 2.24) is 9.97 Å². The number of anilines is 1. The lowest BCUT2D eigenvalue weighted by atomic mass is 10.1. The highest BCUT2D eigenvalue weighted by molar-refractivity contribution is 7.80. The van der Waals surface area contributed by atoms with E-state index in [1.165, 1.54) is 0 Å². The number of nitrogens with two attached hydrogens (primary N) is 1. The van der Waals surface area contributed by atoms with Crippen LogP contribution in [-0.4, -0.2) is 15.0 Å². The second kappa shape index (κ2) is 5.63. The quantitative estimate of drug-likeness (QED) is 0.643. The monoisotopic (exact) mass is 316 g/mol. The second-order valence-electron chi connectivity index (χ2n) is 4.46. The average Bonchev–Trinajstić information content (AvgIpc) is 2.90. The Bertz CT molecular complexity index is 869. The molecule has 2 heterocycles. The maximum Gasteiger partial charge on any atom is 0.304 e. The Labute approximate surface area is 129 Å². The highest BCUT2D eigenvalue weighted by Gasteiger charge is 2.11. The van der Waals surface area contributed by atoms with E-state index in [4.69, 9.17) is 18.0 Å². The molecule has 0 saturated carbocycles. The van der Waals surface area contributed by atoms with E-state index in [2.05, 4.69) is 15.3 Å². The number of nitrogens with zero attached hydrogens (tertiary/aromatic N) is 1. The summed E-state index contributed by atoms with van der Waals surface area (Å²) in [6, 6.07) is 7.75. The fraction of sp³-hybridized carbons (Fsp3) is 0.0714. The number of nitrogens with one attached hydrogen (secondary N) is 2. The van der Waals surface area contributed by atoms with Crippen molar-refractivity contribution in [2.45, 2.75) is 6.54 Å². The number of pyridine rings is 1. The molecule has 0 aliphatic heterocycles. The van der Waals surface area contributed by atoms with Crippen LogP contribution in [0.2, 0.25) is 0 Å². The van der Waals surface area contributed by atoms with Crippen LogP contribution < -0.4 is 15.9 Å². The molecule has 3 aromatic rings. The maximum atomic E-state index is 11.2. The maximum absolute atomic E-state index is 11.2. The summed E-state index contributed by atoms with van der Waals surface area (Å²) < 4.78 is 0. The van der Waals surface area contributed by atoms with E-state index >= 15 is 0 Å². The molecule has 0 amide bonds. The van der Waals surface area contributed by atoms with Gasteiger partial charge in [0.25, 0.3) is 0 Å². The number of H-pyrrole nitrogens is 1. The standard InChI is InChI=1S/C14H12N4OS2/c15-13(20)10-6-16-11-4-2-1-3-9(11)12(10)17-5-8-7-21-14(19)18-8/h1-4,6-7H,5H2,(H2,15,20)(H,16,17)(H,18,19). The van der Waals surface area contributed by atoms with Crippen LogP contribution in [0.1, 0.15) is 11.3 Å². The zero-order valence-electron chi connectivity index (χ0n) is 10.9. The van der Waals surface area contributed by atoms with E-state index in [1.807, 2.05) is 24.3 Å². The van der Waals surface area contributed by atoms with Crippen LogP contribution in [0.5, 0.6) is 0 Å². The minimum absolute atomic E-state index is 0.0686. The van der Waals surface area contributed by atoms with Gasteiger partial charge in [0.2, 0.25) is 0 Å². The number of aromatic nitrogens is 2. The third-order valence-corrected chi connectivity index (χ3v) is 4.01. The number of rotatable bonds is 4. The molecule has 106 valence electrons. The Kier molecular flexibility index (Phi) is 3.68. The van der Waals surface area contributed by atoms with Gasteiger partial charge in [-0.25, -0.2) is 0 Å². The molecule has 2 aromatic heterocycles. The van der Waals surface area contributed by atoms with Crippen molar-refractivity contribution in [1.29, 1.82) is 0 Å². The van der Waals surface area contributed by atoms with E-state index in [9.17, 15) is 4.79 Å². The Morgan fingerprint density at radius 3 is 2.95 bits per heavy atom. The molecular formula is C14H12N4OS2. The van der Waals surface area contributed by atoms with Gasteiger partial charge in [-0.05, 0) is 6.07 Å². The van der Waals surface area contributed by atoms with Crippen LogP contribution in [0.4, 0.5) is 5.69 Å². The first kappa shape index (κ1) is 13.7. The highest BCUT2D eigenvalue weighted by atomic mass is 32.1. The molecule has 0 aliphatic rings. The van der Waals surface area contributed by atoms with E-state index in [-0.39, 0.29) is 9.86 Å². The van der Waals surface area contributed by atoms with Gasteiger partial charge in [-0.1, -0.05) is 41.8 Å². The summed E-state index contributed by atoms with van der Waals surface area (Å²) in [5.74, 6) is 0. The fourth-order valence-corrected chi connectivity index (χ4v) is 2.84. The van der Waals surface area contributed by atoms with Gasteiger partial charge in [0.15, 0.2) is 0 Å². The Hall–Kier alpha value is -2.25. The Balaban J connectivity index is 2.03. The van der Waals surface area contributed by atoms with Crippen LogP contribution in [0.15, 0.2) is 40.6 Å². The van der Waals surface area contributed by atoms with Crippen LogP contribution in [0.3, 0.4) is 0 Å². The van der Waals surface area contributed by atoms with Crippen molar-refractivity contribution in [2.75, 3.05) is 5.32 Å². The molecule has 1 aromatic carbocycles. The number of hydrogen-bond acceptors (Lipinski definition) is 5. The van der Waals surface area contributed by atoms with E-state index in [0.29, 0.717) is 12.1 Å². The van der Waals surface area contributed by atoms with Crippen LogP contribution in [-0.2, 0) is 6.54 Å². The average molecular weight is 316 g/mol. The van der Waals surface area contributed by atoms with E-state index in [1.54, 1.807) is 11.6 Å². The van der Waals surface area contributed by atoms with Gasteiger partial charge >= 0.3 is 4.87 Å². The molecule has 0 saturated heterocycles. The predicted molar refractivity (Wildman–Crippen MR) is 89.9 cm³/mol. The summed E-state index contributed by atoms with van der Waals surface area (Å²) in [6.07, 6.45) is 1.67. The predicted octanol–water partition coefficient (Wildman–Crippen LogP) is 2.23. The molecule has 0 atom stereocenters. The van der Waals surface area contributed by atoms with Crippen molar-refractivity contribution in [2.24, 2.45) is 5.73 Å². The number of aromatic amines is 1. The third-order valence-electron chi connectivity index (χ3n) is 3.07. The van der Waals surface area contributed by atoms with Gasteiger partial charge in [-0.2, -0.15) is 0 Å². The van der Waals surface area contributed by atoms with Gasteiger partial charge in [-0.15, -0.1) is 0 Å². The van der Waals surface area contributed by atoms with Crippen molar-refractivity contribution < 1.29 is 0 Å². The van der Waals surface area contributed by atoms with Crippen molar-refractivity contribution in [3.05, 3.63) is 56.8 Å². The highest BCUT2D eigenvalue weighted by Crippen LogP contribution is 2.26. The number of benzene rings is 1. The molecule has 0 spiro atoms. The molecule has 4 N–H and O–H groups in total. The summed E-state index contributed by atoms with van der Waals surface area (Å²) in [5.41, 5.74) is 8.98. The van der Waals surface area contributed by atoms with Gasteiger partial charge in [0, 0.05) is 22.7 Å². The summed E-state index contributed by atoms with van der Waals surface area (Å²) in [7, 11) is 0. The molecule has 7 heteroatoms. The number of thiocarbonyl (C=S) groups is 1. The fourth-order valence-electron chi connectivity index (χ4n) is 2.10. The molecule has 0 aliphatic carbocycles. The molecule has 0 unspecified atom stereocenters. The minimum Gasteiger partial charge on any atom is -0.389 e. The molecule has 0 bridgehead atoms. The van der Waals surface area contributed by atoms with Gasteiger partial charge < -0.3 is 16.0 Å². The molecule has 0 fully saturated rings. The Morgan fingerprint density at radius 2 is 2.24 bits per heavy atom. The summed E-state index contributed by atoms with van der Waals surface area (Å²) >= 11 is 6.23. The van der Waals surface area contributed by atoms with Gasteiger partial charge in [0.05, 0.1) is 23.3 Å². The number of para-hydroxylation sites is 1. The zero-order chi connectivity index (χ0) is 14.8. The zero-order valence-corrected chi connectivity index (χ0v) is 12.6. The minimum atomic E-state index is -0.0686. The lowest BCUT2D eigenvalue weighted by Crippen LogP contribution is -2.14. The molecule has 0 radical (unpaired) electrons. The van der Waals surface area contributed by atoms with E-state index < -0.39 is 0 Å². The molecule has 3 rings (SSSR count). The molecule has 21 heavy (non-hydrogen) atoms. The molecular weight excluding hydrogens is 304 g/mol. The topological polar surface area (TPSA) is 83.8 Å². The summed E-state index contributed by atoms with van der Waals surface area (Å²) in [5, 5.41) is 6.03. The summed E-state index contributed by atoms with van der Waals surface area (Å²) in [4.78, 5) is 18.5. The summed E-state index contributed by atoms with van der Waals surface area (Å²) in [6.45, 7) is 0.488. The lowest BCUT2D eigenvalue weighted by Gasteiger charge is -2.13. The van der Waals surface area contributed by atoms with Crippen LogP contribution in [0, 0.1) is 0 Å². The lowest BCUT2D eigenvalue weighted by molar-refractivity contribution is 1.06. The first-order valence-electron chi connectivity index (χ1n) is 6.23. The van der Waals surface area contributed by atoms with Crippen molar-refractivity contribution in [3.63, 3.8) is 0 Å². The second-order valence-corrected chi connectivity index (χ2v) is 5.74. The number of thiazole rings is 1. The number of hydrogen-bond donors (Lipinski definition) is 3. The largest absolute Gasteiger partial charge is 0.389 e. The number of fused-ring (bicyclic) bond motifs is 1. The molecule has 5 nitrogen and oxygen atoms in total. The van der Waals surface area contributed by atoms with Crippen LogP contribution in [0.25, 0.3) is 10.9 Å². The van der Waals surface area contributed by atoms with Crippen LogP contribution >= 0.6 is 23.6 Å². The third kappa shape index (κ3) is 2.79. The normalized spacial score (nSPS) is 10.7. The SMILES string of the molecule is NC(=S)c1cnc2ccccc2c1NCc1csc(=O)[nH]1. The van der Waals surface area contributed by atoms with Crippen molar-refractivity contribution in [3.8, 4) is 0 Å². The van der Waals surface area contributed by atoms with Gasteiger partial charge in [-0.3, -0.25) is 9.78 Å². The Morgan fingerprint density at radius 1 is 1.43 bits per heavy atom. The smallest absolute Gasteiger partial charge is 0.304 e. The van der Waals surface area contributed by atoms with E-state index in [0.717, 1.165) is 33.6 Å².